The van der Waals surface area contributed by atoms with Crippen molar-refractivity contribution in [1.82, 2.24) is 0 Å². The van der Waals surface area contributed by atoms with E-state index in [-0.39, 0.29) is 0 Å². The lowest BCUT2D eigenvalue weighted by Crippen LogP contribution is -2.45. The van der Waals surface area contributed by atoms with Crippen LogP contribution in [0.15, 0.2) is 0 Å². The van der Waals surface area contributed by atoms with E-state index in [1.807, 2.05) is 0 Å². The summed E-state index contributed by atoms with van der Waals surface area (Å²) in [7, 11) is 0. The molecule has 94 valence electrons. The largest absolute Gasteiger partial charge is 0.319 e. The number of Topliss-reactive ketones (excluding diaryl/α,β-unsaturated/α-hetero) is 1. The summed E-state index contributed by atoms with van der Waals surface area (Å²) < 4.78 is 0. The minimum atomic E-state index is -0.459. The number of carbonyl (C=O) groups is 1. The van der Waals surface area contributed by atoms with Crippen molar-refractivity contribution in [1.29, 1.82) is 0 Å². The predicted octanol–water partition coefficient (Wildman–Crippen LogP) is 3.43. The number of carbonyl (C=O) groups excluding carboxylic acids is 1. The second-order valence-corrected chi connectivity index (χ2v) is 5.41. The molecule has 0 heterocycles. The van der Waals surface area contributed by atoms with Crippen molar-refractivity contribution >= 4 is 5.78 Å². The van der Waals surface area contributed by atoms with Gasteiger partial charge in [0.05, 0.1) is 5.54 Å². The monoisotopic (exact) mass is 225 g/mol. The molecule has 0 aromatic rings. The Bertz CT molecular complexity index is 219. The molecule has 1 rings (SSSR count). The van der Waals surface area contributed by atoms with Crippen LogP contribution in [-0.2, 0) is 4.79 Å². The standard InChI is InChI=1S/C14H27NO/c1-3-5-8-12(4-2)11-13(16)14(15)9-6-7-10-14/h12H,3-11,15H2,1-2H3. The van der Waals surface area contributed by atoms with Crippen molar-refractivity contribution in [2.45, 2.75) is 77.2 Å². The highest BCUT2D eigenvalue weighted by Gasteiger charge is 2.36. The smallest absolute Gasteiger partial charge is 0.152 e. The summed E-state index contributed by atoms with van der Waals surface area (Å²) >= 11 is 0. The molecule has 1 unspecified atom stereocenters. The van der Waals surface area contributed by atoms with Gasteiger partial charge in [0, 0.05) is 6.42 Å². The van der Waals surface area contributed by atoms with Crippen LogP contribution in [0.3, 0.4) is 0 Å². The predicted molar refractivity (Wildman–Crippen MR) is 68.3 cm³/mol. The van der Waals surface area contributed by atoms with Gasteiger partial charge in [0.1, 0.15) is 0 Å². The Morgan fingerprint density at radius 2 is 1.94 bits per heavy atom. The van der Waals surface area contributed by atoms with Crippen LogP contribution in [0.25, 0.3) is 0 Å². The molecule has 0 spiro atoms. The van der Waals surface area contributed by atoms with Crippen LogP contribution in [0.2, 0.25) is 0 Å². The Labute approximate surface area is 100.0 Å². The molecule has 0 saturated heterocycles. The third-order valence-electron chi connectivity index (χ3n) is 4.07. The normalized spacial score (nSPS) is 20.9. The summed E-state index contributed by atoms with van der Waals surface area (Å²) in [5.74, 6) is 0.890. The molecule has 0 aromatic carbocycles. The maximum absolute atomic E-state index is 12.2. The van der Waals surface area contributed by atoms with E-state index in [1.165, 1.54) is 19.3 Å². The van der Waals surface area contributed by atoms with E-state index in [0.717, 1.165) is 32.1 Å². The van der Waals surface area contributed by atoms with Gasteiger partial charge < -0.3 is 5.73 Å². The second kappa shape index (κ2) is 6.39. The number of ketones is 1. The van der Waals surface area contributed by atoms with Crippen LogP contribution in [0, 0.1) is 5.92 Å². The highest BCUT2D eigenvalue weighted by Crippen LogP contribution is 2.31. The van der Waals surface area contributed by atoms with Crippen molar-refractivity contribution in [3.8, 4) is 0 Å². The lowest BCUT2D eigenvalue weighted by Gasteiger charge is -2.24. The average molecular weight is 225 g/mol. The Hall–Kier alpha value is -0.370. The molecule has 0 bridgehead atoms. The molecule has 0 aliphatic heterocycles. The summed E-state index contributed by atoms with van der Waals surface area (Å²) in [5.41, 5.74) is 5.73. The van der Waals surface area contributed by atoms with Gasteiger partial charge in [-0.05, 0) is 18.8 Å². The lowest BCUT2D eigenvalue weighted by molar-refractivity contribution is -0.125. The van der Waals surface area contributed by atoms with Crippen LogP contribution in [-0.4, -0.2) is 11.3 Å². The summed E-state index contributed by atoms with van der Waals surface area (Å²) in [6.45, 7) is 4.39. The molecule has 16 heavy (non-hydrogen) atoms. The van der Waals surface area contributed by atoms with Crippen LogP contribution < -0.4 is 5.73 Å². The van der Waals surface area contributed by atoms with Gasteiger partial charge in [0.15, 0.2) is 5.78 Å². The molecule has 1 aliphatic carbocycles. The molecule has 1 saturated carbocycles. The lowest BCUT2D eigenvalue weighted by atomic mass is 9.84. The van der Waals surface area contributed by atoms with E-state index in [2.05, 4.69) is 13.8 Å². The highest BCUT2D eigenvalue weighted by molar-refractivity contribution is 5.88. The molecule has 1 fully saturated rings. The van der Waals surface area contributed by atoms with Crippen molar-refractivity contribution < 1.29 is 4.79 Å². The fourth-order valence-electron chi connectivity index (χ4n) is 2.69. The van der Waals surface area contributed by atoms with Gasteiger partial charge in [0.25, 0.3) is 0 Å². The minimum absolute atomic E-state index is 0.327. The molecule has 2 N–H and O–H groups in total. The van der Waals surface area contributed by atoms with Gasteiger partial charge in [-0.2, -0.15) is 0 Å². The average Bonchev–Trinajstić information content (AvgIpc) is 2.72. The summed E-state index contributed by atoms with van der Waals surface area (Å²) in [6, 6.07) is 0. The molecule has 0 radical (unpaired) electrons. The van der Waals surface area contributed by atoms with E-state index in [0.29, 0.717) is 18.1 Å². The highest BCUT2D eigenvalue weighted by atomic mass is 16.1. The van der Waals surface area contributed by atoms with E-state index in [1.54, 1.807) is 0 Å². The molecule has 1 atom stereocenters. The molecular weight excluding hydrogens is 198 g/mol. The molecule has 2 heteroatoms. The summed E-state index contributed by atoms with van der Waals surface area (Å²) in [4.78, 5) is 12.2. The summed E-state index contributed by atoms with van der Waals surface area (Å²) in [6.07, 6.45) is 9.57. The first-order valence-corrected chi connectivity index (χ1v) is 6.94. The number of nitrogens with two attached hydrogens (primary N) is 1. The first kappa shape index (κ1) is 13.7. The number of hydrogen-bond donors (Lipinski definition) is 1. The molecule has 2 nitrogen and oxygen atoms in total. The van der Waals surface area contributed by atoms with Gasteiger partial charge in [-0.3, -0.25) is 4.79 Å². The number of rotatable bonds is 7. The zero-order valence-electron chi connectivity index (χ0n) is 10.9. The Morgan fingerprint density at radius 1 is 1.31 bits per heavy atom. The molecule has 0 amide bonds. The maximum Gasteiger partial charge on any atom is 0.152 e. The zero-order chi connectivity index (χ0) is 12.0. The Balaban J connectivity index is 2.41. The number of hydrogen-bond acceptors (Lipinski definition) is 2. The van der Waals surface area contributed by atoms with Gasteiger partial charge in [-0.15, -0.1) is 0 Å². The minimum Gasteiger partial charge on any atom is -0.319 e. The van der Waals surface area contributed by atoms with E-state index >= 15 is 0 Å². The molecule has 1 aliphatic rings. The summed E-state index contributed by atoms with van der Waals surface area (Å²) in [5, 5.41) is 0. The quantitative estimate of drug-likeness (QED) is 0.721. The van der Waals surface area contributed by atoms with Gasteiger partial charge >= 0.3 is 0 Å². The Morgan fingerprint density at radius 3 is 2.44 bits per heavy atom. The van der Waals surface area contributed by atoms with Crippen molar-refractivity contribution in [2.24, 2.45) is 11.7 Å². The van der Waals surface area contributed by atoms with Crippen LogP contribution in [0.1, 0.15) is 71.6 Å². The third-order valence-corrected chi connectivity index (χ3v) is 4.07. The number of unbranched alkanes of at least 4 members (excludes halogenated alkanes) is 1. The van der Waals surface area contributed by atoms with Gasteiger partial charge in [-0.1, -0.05) is 52.4 Å². The topological polar surface area (TPSA) is 43.1 Å². The van der Waals surface area contributed by atoms with Crippen molar-refractivity contribution in [3.05, 3.63) is 0 Å². The third kappa shape index (κ3) is 3.58. The SMILES string of the molecule is CCCCC(CC)CC(=O)C1(N)CCCC1. The first-order valence-electron chi connectivity index (χ1n) is 6.94. The van der Waals surface area contributed by atoms with E-state index in [9.17, 15) is 4.79 Å². The maximum atomic E-state index is 12.2. The molecule has 0 aromatic heterocycles. The van der Waals surface area contributed by atoms with Gasteiger partial charge in [0.2, 0.25) is 0 Å². The van der Waals surface area contributed by atoms with E-state index < -0.39 is 5.54 Å². The fourth-order valence-corrected chi connectivity index (χ4v) is 2.69. The van der Waals surface area contributed by atoms with Crippen molar-refractivity contribution in [2.75, 3.05) is 0 Å². The fraction of sp³-hybridized carbons (Fsp3) is 0.929. The van der Waals surface area contributed by atoms with Crippen LogP contribution in [0.4, 0.5) is 0 Å². The first-order chi connectivity index (χ1) is 7.62. The zero-order valence-corrected chi connectivity index (χ0v) is 10.9. The van der Waals surface area contributed by atoms with Crippen LogP contribution in [0.5, 0.6) is 0 Å². The van der Waals surface area contributed by atoms with Gasteiger partial charge in [-0.25, -0.2) is 0 Å². The molecular formula is C14H27NO. The van der Waals surface area contributed by atoms with Crippen LogP contribution >= 0.6 is 0 Å². The van der Waals surface area contributed by atoms with E-state index in [4.69, 9.17) is 5.73 Å². The second-order valence-electron chi connectivity index (χ2n) is 5.41. The Kier molecular flexibility index (Phi) is 5.47. The van der Waals surface area contributed by atoms with Crippen molar-refractivity contribution in [3.63, 3.8) is 0 Å².